The number of thiazole rings is 1. The number of nitrogens with one attached hydrogen (secondary N) is 2. The van der Waals surface area contributed by atoms with Gasteiger partial charge in [-0.25, -0.2) is 9.37 Å². The van der Waals surface area contributed by atoms with E-state index in [0.717, 1.165) is 10.6 Å². The molecular formula is C21H23FN6O2S2. The molecule has 3 rings (SSSR count). The van der Waals surface area contributed by atoms with Gasteiger partial charge in [0.2, 0.25) is 11.8 Å². The molecule has 1 aromatic carbocycles. The number of anilines is 2. The number of benzene rings is 1. The number of hydrogen-bond acceptors (Lipinski definition) is 7. The molecule has 0 saturated carbocycles. The summed E-state index contributed by atoms with van der Waals surface area (Å²) in [4.78, 5) is 30.4. The van der Waals surface area contributed by atoms with E-state index >= 15 is 0 Å². The molecule has 0 aliphatic rings. The van der Waals surface area contributed by atoms with Crippen LogP contribution in [0.15, 0.2) is 42.1 Å². The maximum atomic E-state index is 13.0. The second-order valence-corrected chi connectivity index (χ2v) is 9.45. The lowest BCUT2D eigenvalue weighted by Gasteiger charge is -2.12. The molecule has 0 radical (unpaired) electrons. The van der Waals surface area contributed by atoms with Crippen molar-refractivity contribution in [2.24, 2.45) is 0 Å². The van der Waals surface area contributed by atoms with Crippen LogP contribution in [0.2, 0.25) is 0 Å². The van der Waals surface area contributed by atoms with Gasteiger partial charge in [-0.15, -0.1) is 28.1 Å². The van der Waals surface area contributed by atoms with Crippen LogP contribution in [-0.4, -0.2) is 36.8 Å². The summed E-state index contributed by atoms with van der Waals surface area (Å²) in [6.07, 6.45) is 1.64. The van der Waals surface area contributed by atoms with Gasteiger partial charge in [0.15, 0.2) is 10.3 Å². The van der Waals surface area contributed by atoms with E-state index in [1.54, 1.807) is 17.6 Å². The number of nitrogens with zero attached hydrogens (tertiary/aromatic N) is 4. The molecule has 11 heteroatoms. The number of allylic oxidation sites excluding steroid dienone is 1. The van der Waals surface area contributed by atoms with Gasteiger partial charge >= 0.3 is 0 Å². The fraction of sp³-hybridized carbons (Fsp3) is 0.286. The van der Waals surface area contributed by atoms with Crippen molar-refractivity contribution in [1.82, 2.24) is 19.7 Å². The van der Waals surface area contributed by atoms with Crippen molar-refractivity contribution in [3.8, 4) is 0 Å². The molecule has 0 aliphatic heterocycles. The Balaban J connectivity index is 1.66. The minimum absolute atomic E-state index is 0.0307. The molecule has 0 aliphatic carbocycles. The molecule has 1 atom stereocenters. The van der Waals surface area contributed by atoms with Crippen LogP contribution < -0.4 is 10.6 Å². The molecule has 0 saturated heterocycles. The summed E-state index contributed by atoms with van der Waals surface area (Å²) in [5, 5.41) is 14.4. The average molecular weight is 475 g/mol. The van der Waals surface area contributed by atoms with E-state index in [2.05, 4.69) is 32.4 Å². The average Bonchev–Trinajstić information content (AvgIpc) is 3.26. The summed E-state index contributed by atoms with van der Waals surface area (Å²) in [6, 6.07) is 5.50. The molecule has 0 bridgehead atoms. The second-order valence-electron chi connectivity index (χ2n) is 6.94. The Bertz CT molecular complexity index is 1110. The normalized spacial score (nSPS) is 11.8. The van der Waals surface area contributed by atoms with E-state index in [4.69, 9.17) is 0 Å². The molecule has 2 amide bonds. The maximum absolute atomic E-state index is 13.0. The quantitative estimate of drug-likeness (QED) is 0.359. The van der Waals surface area contributed by atoms with Crippen molar-refractivity contribution in [3.63, 3.8) is 0 Å². The van der Waals surface area contributed by atoms with Crippen molar-refractivity contribution < 1.29 is 14.0 Å². The van der Waals surface area contributed by atoms with Gasteiger partial charge in [-0.2, -0.15) is 0 Å². The summed E-state index contributed by atoms with van der Waals surface area (Å²) in [5.41, 5.74) is 1.37. The van der Waals surface area contributed by atoms with Crippen molar-refractivity contribution >= 4 is 45.7 Å². The summed E-state index contributed by atoms with van der Waals surface area (Å²) in [7, 11) is 0. The van der Waals surface area contributed by atoms with Crippen LogP contribution in [0.5, 0.6) is 0 Å². The number of carbonyl (C=O) groups is 2. The molecule has 3 aromatic rings. The number of rotatable bonds is 9. The minimum atomic E-state index is -0.465. The maximum Gasteiger partial charge on any atom is 0.239 e. The summed E-state index contributed by atoms with van der Waals surface area (Å²) >= 11 is 2.66. The summed E-state index contributed by atoms with van der Waals surface area (Å²) in [5.74, 6) is -0.460. The van der Waals surface area contributed by atoms with E-state index in [0.29, 0.717) is 28.3 Å². The smallest absolute Gasteiger partial charge is 0.239 e. The van der Waals surface area contributed by atoms with Crippen LogP contribution in [0, 0.1) is 19.7 Å². The molecule has 0 fully saturated rings. The van der Waals surface area contributed by atoms with Crippen molar-refractivity contribution in [3.05, 3.63) is 59.1 Å². The molecular weight excluding hydrogens is 451 g/mol. The fourth-order valence-corrected chi connectivity index (χ4v) is 4.37. The molecule has 168 valence electrons. The standard InChI is InChI=1S/C21H23FN6O2S2/c1-5-10-28-17(11-18(29)24-16-8-6-15(22)7-9-16)26-27-21(28)32-14(4)19(30)25-20-23-12(2)13(3)31-20/h5-9,14H,1,10-11H2,2-4H3,(H,24,29)(H,23,25,30). The van der Waals surface area contributed by atoms with E-state index in [-0.39, 0.29) is 24.1 Å². The number of aryl methyl sites for hydroxylation is 2. The van der Waals surface area contributed by atoms with Crippen molar-refractivity contribution in [2.75, 3.05) is 10.6 Å². The van der Waals surface area contributed by atoms with Crippen LogP contribution >= 0.6 is 23.1 Å². The van der Waals surface area contributed by atoms with Crippen molar-refractivity contribution in [1.29, 1.82) is 0 Å². The number of hydrogen-bond donors (Lipinski definition) is 2. The highest BCUT2D eigenvalue weighted by Gasteiger charge is 2.22. The van der Waals surface area contributed by atoms with Crippen molar-refractivity contribution in [2.45, 2.75) is 44.1 Å². The van der Waals surface area contributed by atoms with Gasteiger partial charge in [0, 0.05) is 17.1 Å². The predicted molar refractivity (Wildman–Crippen MR) is 124 cm³/mol. The van der Waals surface area contributed by atoms with Crippen LogP contribution in [0.1, 0.15) is 23.3 Å². The summed E-state index contributed by atoms with van der Waals surface area (Å²) in [6.45, 7) is 9.74. The summed E-state index contributed by atoms with van der Waals surface area (Å²) < 4.78 is 14.8. The van der Waals surface area contributed by atoms with Gasteiger partial charge in [0.25, 0.3) is 0 Å². The zero-order valence-electron chi connectivity index (χ0n) is 17.9. The molecule has 2 aromatic heterocycles. The Kier molecular flexibility index (Phi) is 7.75. The van der Waals surface area contributed by atoms with Gasteiger partial charge in [0.1, 0.15) is 11.6 Å². The van der Waals surface area contributed by atoms with Gasteiger partial charge in [-0.1, -0.05) is 17.8 Å². The molecule has 8 nitrogen and oxygen atoms in total. The largest absolute Gasteiger partial charge is 0.326 e. The SMILES string of the molecule is C=CCn1c(CC(=O)Nc2ccc(F)cc2)nnc1SC(C)C(=O)Nc1nc(C)c(C)s1. The highest BCUT2D eigenvalue weighted by Crippen LogP contribution is 2.26. The third-order valence-electron chi connectivity index (χ3n) is 4.46. The molecule has 2 N–H and O–H groups in total. The lowest BCUT2D eigenvalue weighted by molar-refractivity contribution is -0.116. The lowest BCUT2D eigenvalue weighted by Crippen LogP contribution is -2.23. The first kappa shape index (κ1) is 23.6. The Morgan fingerprint density at radius 2 is 1.97 bits per heavy atom. The van der Waals surface area contributed by atoms with Gasteiger partial charge < -0.3 is 15.2 Å². The first-order chi connectivity index (χ1) is 15.3. The Morgan fingerprint density at radius 3 is 2.59 bits per heavy atom. The molecule has 32 heavy (non-hydrogen) atoms. The van der Waals surface area contributed by atoms with Crippen LogP contribution in [0.3, 0.4) is 0 Å². The first-order valence-electron chi connectivity index (χ1n) is 9.76. The number of aromatic nitrogens is 4. The number of halogens is 1. The highest BCUT2D eigenvalue weighted by atomic mass is 32.2. The lowest BCUT2D eigenvalue weighted by atomic mass is 10.3. The topological polar surface area (TPSA) is 102 Å². The number of thioether (sulfide) groups is 1. The molecule has 0 spiro atoms. The Hall–Kier alpha value is -3.05. The minimum Gasteiger partial charge on any atom is -0.326 e. The Labute approximate surface area is 193 Å². The van der Waals surface area contributed by atoms with Gasteiger partial charge in [-0.3, -0.25) is 9.59 Å². The molecule has 2 heterocycles. The van der Waals surface area contributed by atoms with E-state index in [1.807, 2.05) is 13.8 Å². The van der Waals surface area contributed by atoms with Crippen LogP contribution in [-0.2, 0) is 22.6 Å². The third kappa shape index (κ3) is 6.01. The predicted octanol–water partition coefficient (Wildman–Crippen LogP) is 3.98. The van der Waals surface area contributed by atoms with Crippen LogP contribution in [0.4, 0.5) is 15.2 Å². The molecule has 1 unspecified atom stereocenters. The number of carbonyl (C=O) groups excluding carboxylic acids is 2. The monoisotopic (exact) mass is 474 g/mol. The van der Waals surface area contributed by atoms with Gasteiger partial charge in [-0.05, 0) is 45.0 Å². The van der Waals surface area contributed by atoms with Crippen LogP contribution in [0.25, 0.3) is 0 Å². The van der Waals surface area contributed by atoms with E-state index < -0.39 is 5.25 Å². The first-order valence-corrected chi connectivity index (χ1v) is 11.5. The highest BCUT2D eigenvalue weighted by molar-refractivity contribution is 8.00. The number of amides is 2. The zero-order chi connectivity index (χ0) is 23.3. The van der Waals surface area contributed by atoms with E-state index in [9.17, 15) is 14.0 Å². The fourth-order valence-electron chi connectivity index (χ4n) is 2.68. The zero-order valence-corrected chi connectivity index (χ0v) is 19.5. The third-order valence-corrected chi connectivity index (χ3v) is 6.53. The van der Waals surface area contributed by atoms with Gasteiger partial charge in [0.05, 0.1) is 17.4 Å². The second kappa shape index (κ2) is 10.5. The van der Waals surface area contributed by atoms with E-state index in [1.165, 1.54) is 47.4 Å². The Morgan fingerprint density at radius 1 is 1.25 bits per heavy atom.